The van der Waals surface area contributed by atoms with E-state index < -0.39 is 0 Å². The average molecular weight is 361 g/mol. The lowest BCUT2D eigenvalue weighted by molar-refractivity contribution is -0.900. The van der Waals surface area contributed by atoms with E-state index in [-0.39, 0.29) is 18.0 Å². The van der Waals surface area contributed by atoms with Gasteiger partial charge in [0.25, 0.3) is 5.91 Å². The van der Waals surface area contributed by atoms with E-state index in [0.29, 0.717) is 13.1 Å². The summed E-state index contributed by atoms with van der Waals surface area (Å²) < 4.78 is 1.10. The third-order valence-corrected chi connectivity index (χ3v) is 4.84. The smallest absolute Gasteiger partial charge is 0.326 e. The first-order valence-electron chi connectivity index (χ1n) is 6.68. The Hall–Kier alpha value is -0.920. The lowest BCUT2D eigenvalue weighted by Gasteiger charge is -2.18. The van der Waals surface area contributed by atoms with E-state index in [1.165, 1.54) is 9.78 Å². The van der Waals surface area contributed by atoms with Crippen molar-refractivity contribution in [2.75, 3.05) is 13.7 Å². The molecular formula is C13H19BrN3O2S+. The normalized spacial score (nSPS) is 20.4. The van der Waals surface area contributed by atoms with Crippen LogP contribution in [0.3, 0.4) is 0 Å². The number of nitrogens with one attached hydrogen (secondary N) is 2. The van der Waals surface area contributed by atoms with Crippen molar-refractivity contribution in [2.24, 2.45) is 0 Å². The van der Waals surface area contributed by atoms with Gasteiger partial charge in [0.15, 0.2) is 6.67 Å². The van der Waals surface area contributed by atoms with Gasteiger partial charge in [0, 0.05) is 0 Å². The fourth-order valence-corrected chi connectivity index (χ4v) is 3.88. The molecule has 2 atom stereocenters. The van der Waals surface area contributed by atoms with E-state index in [0.717, 1.165) is 21.7 Å². The molecule has 110 valence electrons. The van der Waals surface area contributed by atoms with Gasteiger partial charge in [-0.25, -0.2) is 9.69 Å². The molecule has 0 aliphatic carbocycles. The van der Waals surface area contributed by atoms with Crippen molar-refractivity contribution < 1.29 is 14.5 Å². The van der Waals surface area contributed by atoms with E-state index in [4.69, 9.17) is 0 Å². The first-order valence-corrected chi connectivity index (χ1v) is 8.29. The Kier molecular flexibility index (Phi) is 5.17. The van der Waals surface area contributed by atoms with Crippen molar-refractivity contribution in [1.29, 1.82) is 0 Å². The van der Waals surface area contributed by atoms with Crippen LogP contribution in [0.4, 0.5) is 4.79 Å². The zero-order valence-corrected chi connectivity index (χ0v) is 14.0. The fraction of sp³-hybridized carbons (Fsp3) is 0.538. The highest BCUT2D eigenvalue weighted by Gasteiger charge is 2.38. The molecule has 2 N–H and O–H groups in total. The predicted octanol–water partition coefficient (Wildman–Crippen LogP) is 1.20. The number of carbonyl (C=O) groups excluding carboxylic acids is 2. The van der Waals surface area contributed by atoms with Gasteiger partial charge in [0.05, 0.1) is 15.7 Å². The molecule has 1 fully saturated rings. The van der Waals surface area contributed by atoms with Gasteiger partial charge in [-0.05, 0) is 34.5 Å². The number of nitrogens with zero attached hydrogens (tertiary/aromatic N) is 1. The van der Waals surface area contributed by atoms with Crippen molar-refractivity contribution in [3.8, 4) is 0 Å². The molecule has 3 amide bonds. The molecule has 0 aromatic carbocycles. The minimum atomic E-state index is -0.337. The summed E-state index contributed by atoms with van der Waals surface area (Å²) in [4.78, 5) is 27.6. The minimum absolute atomic E-state index is 0.0939. The van der Waals surface area contributed by atoms with E-state index in [9.17, 15) is 9.59 Å². The molecule has 0 radical (unpaired) electrons. The molecule has 1 aliphatic rings. The van der Waals surface area contributed by atoms with Crippen LogP contribution in [0.25, 0.3) is 0 Å². The molecule has 0 spiro atoms. The SMILES string of the molecule is CCC[C@@H]1NC(=O)N(C[NH+](C)Cc2ccc(Br)s2)C1=O. The maximum absolute atomic E-state index is 12.1. The fourth-order valence-electron chi connectivity index (χ4n) is 2.28. The molecule has 20 heavy (non-hydrogen) atoms. The number of thiophene rings is 1. The molecule has 7 heteroatoms. The van der Waals surface area contributed by atoms with Crippen LogP contribution in [0.1, 0.15) is 24.6 Å². The third-order valence-electron chi connectivity index (χ3n) is 3.22. The second-order valence-electron chi connectivity index (χ2n) is 5.05. The van der Waals surface area contributed by atoms with Crippen LogP contribution in [0, 0.1) is 0 Å². The second kappa shape index (κ2) is 6.69. The number of quaternary nitrogens is 1. The van der Waals surface area contributed by atoms with Crippen molar-refractivity contribution in [1.82, 2.24) is 10.2 Å². The Labute approximate surface area is 131 Å². The number of amides is 3. The summed E-state index contributed by atoms with van der Waals surface area (Å²) in [5, 5.41) is 2.75. The minimum Gasteiger partial charge on any atom is -0.326 e. The Morgan fingerprint density at radius 1 is 1.45 bits per heavy atom. The summed E-state index contributed by atoms with van der Waals surface area (Å²) in [6, 6.07) is 3.47. The number of urea groups is 1. The molecule has 1 aromatic rings. The number of hydrogen-bond donors (Lipinski definition) is 2. The van der Waals surface area contributed by atoms with Gasteiger partial charge in [-0.1, -0.05) is 13.3 Å². The summed E-state index contributed by atoms with van der Waals surface area (Å²) in [5.74, 6) is -0.0939. The lowest BCUT2D eigenvalue weighted by Crippen LogP contribution is -3.09. The Morgan fingerprint density at radius 2 is 2.20 bits per heavy atom. The molecule has 0 saturated carbocycles. The largest absolute Gasteiger partial charge is 0.329 e. The van der Waals surface area contributed by atoms with Gasteiger partial charge in [-0.2, -0.15) is 0 Å². The third kappa shape index (κ3) is 3.59. The summed E-state index contributed by atoms with van der Waals surface area (Å²) >= 11 is 5.11. The zero-order chi connectivity index (χ0) is 14.7. The molecule has 5 nitrogen and oxygen atoms in total. The highest BCUT2D eigenvalue weighted by Crippen LogP contribution is 2.21. The van der Waals surface area contributed by atoms with Gasteiger partial charge in [-0.15, -0.1) is 11.3 Å². The standard InChI is InChI=1S/C13H18BrN3O2S/c1-3-4-10-12(18)17(13(19)15-10)8-16(2)7-9-5-6-11(14)20-9/h5-6,10H,3-4,7-8H2,1-2H3,(H,15,19)/p+1/t10-/m0/s1. The Bertz CT molecular complexity index is 506. The summed E-state index contributed by atoms with van der Waals surface area (Å²) in [5.41, 5.74) is 0. The summed E-state index contributed by atoms with van der Waals surface area (Å²) in [7, 11) is 1.99. The molecule has 1 saturated heterocycles. The molecule has 2 heterocycles. The van der Waals surface area contributed by atoms with E-state index in [1.807, 2.05) is 20.0 Å². The number of rotatable bonds is 6. The first-order chi connectivity index (χ1) is 9.51. The van der Waals surface area contributed by atoms with Crippen LogP contribution < -0.4 is 10.2 Å². The van der Waals surface area contributed by atoms with Gasteiger partial charge >= 0.3 is 6.03 Å². The maximum atomic E-state index is 12.1. The van der Waals surface area contributed by atoms with Crippen LogP contribution >= 0.6 is 27.3 Å². The number of imide groups is 1. The van der Waals surface area contributed by atoms with Crippen molar-refractivity contribution in [3.63, 3.8) is 0 Å². The predicted molar refractivity (Wildman–Crippen MR) is 81.6 cm³/mol. The Morgan fingerprint density at radius 3 is 2.80 bits per heavy atom. The number of hydrogen-bond acceptors (Lipinski definition) is 3. The van der Waals surface area contributed by atoms with Gasteiger partial charge < -0.3 is 10.2 Å². The quantitative estimate of drug-likeness (QED) is 0.749. The monoisotopic (exact) mass is 360 g/mol. The molecule has 1 aromatic heterocycles. The van der Waals surface area contributed by atoms with Gasteiger partial charge in [0.2, 0.25) is 0 Å². The van der Waals surface area contributed by atoms with Crippen LogP contribution in [0.15, 0.2) is 15.9 Å². The molecule has 1 aliphatic heterocycles. The Balaban J connectivity index is 1.92. The molecule has 1 unspecified atom stereocenters. The highest BCUT2D eigenvalue weighted by atomic mass is 79.9. The van der Waals surface area contributed by atoms with E-state index in [2.05, 4.69) is 27.3 Å². The second-order valence-corrected chi connectivity index (χ2v) is 7.60. The van der Waals surface area contributed by atoms with Gasteiger partial charge in [0.1, 0.15) is 12.6 Å². The van der Waals surface area contributed by atoms with Gasteiger partial charge in [-0.3, -0.25) is 4.79 Å². The summed E-state index contributed by atoms with van der Waals surface area (Å²) in [6.45, 7) is 3.21. The van der Waals surface area contributed by atoms with Crippen molar-refractivity contribution in [2.45, 2.75) is 32.4 Å². The van der Waals surface area contributed by atoms with Crippen molar-refractivity contribution in [3.05, 3.63) is 20.8 Å². The van der Waals surface area contributed by atoms with Crippen molar-refractivity contribution >= 4 is 39.2 Å². The maximum Gasteiger partial charge on any atom is 0.329 e. The lowest BCUT2D eigenvalue weighted by atomic mass is 10.2. The summed E-state index contributed by atoms with van der Waals surface area (Å²) in [6.07, 6.45) is 1.59. The van der Waals surface area contributed by atoms with E-state index >= 15 is 0 Å². The van der Waals surface area contributed by atoms with Crippen LogP contribution in [0.2, 0.25) is 0 Å². The number of carbonyl (C=O) groups is 2. The van der Waals surface area contributed by atoms with Crippen LogP contribution in [0.5, 0.6) is 0 Å². The van der Waals surface area contributed by atoms with Crippen LogP contribution in [-0.2, 0) is 11.3 Å². The molecule has 2 rings (SSSR count). The number of halogens is 1. The highest BCUT2D eigenvalue weighted by molar-refractivity contribution is 9.11. The van der Waals surface area contributed by atoms with Crippen LogP contribution in [-0.4, -0.2) is 36.6 Å². The topological polar surface area (TPSA) is 53.9 Å². The van der Waals surface area contributed by atoms with E-state index in [1.54, 1.807) is 11.3 Å². The zero-order valence-electron chi connectivity index (χ0n) is 11.6. The molecular weight excluding hydrogens is 342 g/mol. The average Bonchev–Trinajstić information content (AvgIpc) is 2.89. The first kappa shape index (κ1) is 15.5. The molecule has 0 bridgehead atoms.